The lowest BCUT2D eigenvalue weighted by Crippen LogP contribution is -2.22. The Morgan fingerprint density at radius 3 is 2.60 bits per heavy atom. The molecule has 0 aliphatic carbocycles. The zero-order chi connectivity index (χ0) is 15.1. The van der Waals surface area contributed by atoms with Gasteiger partial charge in [-0.25, -0.2) is 0 Å². The maximum Gasteiger partial charge on any atom is 0.0528 e. The van der Waals surface area contributed by atoms with Crippen molar-refractivity contribution in [2.45, 2.75) is 45.8 Å². The summed E-state index contributed by atoms with van der Waals surface area (Å²) in [5.41, 5.74) is 2.45. The molecular weight excluding hydrogens is 316 g/mol. The van der Waals surface area contributed by atoms with E-state index in [9.17, 15) is 5.11 Å². The van der Waals surface area contributed by atoms with Gasteiger partial charge in [0.05, 0.1) is 6.10 Å². The molecule has 3 nitrogen and oxygen atoms in total. The third-order valence-electron chi connectivity index (χ3n) is 3.47. The fraction of sp³-hybridized carbons (Fsp3) is 0.625. The number of nitrogens with one attached hydrogen (secondary N) is 1. The molecule has 2 atom stereocenters. The van der Waals surface area contributed by atoms with Crippen molar-refractivity contribution >= 4 is 21.6 Å². The Kier molecular flexibility index (Phi) is 7.56. The van der Waals surface area contributed by atoms with Gasteiger partial charge in [0.15, 0.2) is 0 Å². The third-order valence-corrected chi connectivity index (χ3v) is 4.16. The number of halogens is 1. The average molecular weight is 343 g/mol. The lowest BCUT2D eigenvalue weighted by atomic mass is 10.1. The van der Waals surface area contributed by atoms with Crippen LogP contribution in [0.25, 0.3) is 0 Å². The minimum atomic E-state index is -0.251. The van der Waals surface area contributed by atoms with Gasteiger partial charge in [0.2, 0.25) is 0 Å². The lowest BCUT2D eigenvalue weighted by Gasteiger charge is -2.22. The topological polar surface area (TPSA) is 35.5 Å². The number of hydrogen-bond acceptors (Lipinski definition) is 3. The van der Waals surface area contributed by atoms with E-state index in [1.54, 1.807) is 0 Å². The van der Waals surface area contributed by atoms with Gasteiger partial charge in [-0.15, -0.1) is 0 Å². The van der Waals surface area contributed by atoms with E-state index in [1.165, 1.54) is 11.3 Å². The van der Waals surface area contributed by atoms with Gasteiger partial charge in [0.1, 0.15) is 0 Å². The molecule has 0 bridgehead atoms. The fourth-order valence-electron chi connectivity index (χ4n) is 2.09. The van der Waals surface area contributed by atoms with Crippen LogP contribution in [0.15, 0.2) is 22.7 Å². The molecule has 0 aliphatic rings. The summed E-state index contributed by atoms with van der Waals surface area (Å²) in [6.45, 7) is 8.08. The molecule has 0 saturated carbocycles. The minimum absolute atomic E-state index is 0.251. The standard InChI is InChI=1S/C16H27BrN2O/c1-5-9-18-13(3)15-7-6-14(11-16(15)17)19(4)10-8-12(2)20/h6-7,11-13,18,20H,5,8-10H2,1-4H3. The predicted molar refractivity (Wildman–Crippen MR) is 90.4 cm³/mol. The Morgan fingerprint density at radius 1 is 1.35 bits per heavy atom. The molecule has 0 aliphatic heterocycles. The molecule has 114 valence electrons. The van der Waals surface area contributed by atoms with E-state index >= 15 is 0 Å². The summed E-state index contributed by atoms with van der Waals surface area (Å²) >= 11 is 3.67. The van der Waals surface area contributed by atoms with Gasteiger partial charge in [-0.3, -0.25) is 0 Å². The molecule has 2 unspecified atom stereocenters. The minimum Gasteiger partial charge on any atom is -0.393 e. The highest BCUT2D eigenvalue weighted by Crippen LogP contribution is 2.28. The SMILES string of the molecule is CCCNC(C)c1ccc(N(C)CCC(C)O)cc1Br. The molecule has 0 spiro atoms. The molecule has 2 N–H and O–H groups in total. The lowest BCUT2D eigenvalue weighted by molar-refractivity contribution is 0.187. The number of rotatable bonds is 8. The summed E-state index contributed by atoms with van der Waals surface area (Å²) < 4.78 is 1.13. The van der Waals surface area contributed by atoms with E-state index in [4.69, 9.17) is 0 Å². The first kappa shape index (κ1) is 17.5. The first-order valence-corrected chi connectivity index (χ1v) is 8.17. The van der Waals surface area contributed by atoms with Gasteiger partial charge in [0.25, 0.3) is 0 Å². The fourth-order valence-corrected chi connectivity index (χ4v) is 2.80. The summed E-state index contributed by atoms with van der Waals surface area (Å²) in [6.07, 6.45) is 1.67. The molecule has 0 saturated heterocycles. The van der Waals surface area contributed by atoms with Crippen LogP contribution in [-0.2, 0) is 0 Å². The largest absolute Gasteiger partial charge is 0.393 e. The van der Waals surface area contributed by atoms with Crippen LogP contribution in [0.5, 0.6) is 0 Å². The van der Waals surface area contributed by atoms with Crippen molar-refractivity contribution < 1.29 is 5.11 Å². The van der Waals surface area contributed by atoms with Crippen molar-refractivity contribution in [3.05, 3.63) is 28.2 Å². The third kappa shape index (κ3) is 5.43. The van der Waals surface area contributed by atoms with Crippen molar-refractivity contribution in [2.24, 2.45) is 0 Å². The van der Waals surface area contributed by atoms with Gasteiger partial charge in [-0.05, 0) is 50.9 Å². The quantitative estimate of drug-likeness (QED) is 0.755. The van der Waals surface area contributed by atoms with Crippen molar-refractivity contribution in [1.82, 2.24) is 5.32 Å². The number of hydrogen-bond donors (Lipinski definition) is 2. The van der Waals surface area contributed by atoms with Gasteiger partial charge in [-0.2, -0.15) is 0 Å². The molecule has 1 rings (SSSR count). The normalized spacial score (nSPS) is 14.1. The number of aliphatic hydroxyl groups excluding tert-OH is 1. The molecule has 4 heteroatoms. The van der Waals surface area contributed by atoms with Crippen molar-refractivity contribution in [1.29, 1.82) is 0 Å². The molecule has 20 heavy (non-hydrogen) atoms. The maximum atomic E-state index is 9.36. The molecule has 0 amide bonds. The highest BCUT2D eigenvalue weighted by Gasteiger charge is 2.11. The highest BCUT2D eigenvalue weighted by atomic mass is 79.9. The molecule has 0 heterocycles. The van der Waals surface area contributed by atoms with Gasteiger partial charge in [-0.1, -0.05) is 28.9 Å². The van der Waals surface area contributed by atoms with E-state index in [1.807, 2.05) is 6.92 Å². The average Bonchev–Trinajstić information content (AvgIpc) is 2.41. The molecular formula is C16H27BrN2O. The Balaban J connectivity index is 2.71. The van der Waals surface area contributed by atoms with Crippen LogP contribution in [0, 0.1) is 0 Å². The van der Waals surface area contributed by atoms with Crippen LogP contribution in [-0.4, -0.2) is 31.3 Å². The summed E-state index contributed by atoms with van der Waals surface area (Å²) in [5, 5.41) is 12.9. The second-order valence-electron chi connectivity index (χ2n) is 5.44. The maximum absolute atomic E-state index is 9.36. The Hall–Kier alpha value is -0.580. The van der Waals surface area contributed by atoms with E-state index in [2.05, 4.69) is 65.2 Å². The molecule has 1 aromatic rings. The zero-order valence-electron chi connectivity index (χ0n) is 13.0. The van der Waals surface area contributed by atoms with E-state index in [-0.39, 0.29) is 6.10 Å². The Bertz CT molecular complexity index is 409. The van der Waals surface area contributed by atoms with Gasteiger partial charge in [0, 0.05) is 29.8 Å². The summed E-state index contributed by atoms with van der Waals surface area (Å²) in [6, 6.07) is 6.82. The molecule has 0 radical (unpaired) electrons. The number of nitrogens with zero attached hydrogens (tertiary/aromatic N) is 1. The van der Waals surface area contributed by atoms with Gasteiger partial charge >= 0.3 is 0 Å². The first-order valence-electron chi connectivity index (χ1n) is 7.37. The van der Waals surface area contributed by atoms with Crippen molar-refractivity contribution in [3.8, 4) is 0 Å². The van der Waals surface area contributed by atoms with E-state index in [0.29, 0.717) is 6.04 Å². The Labute approximate surface area is 131 Å². The monoisotopic (exact) mass is 342 g/mol. The van der Waals surface area contributed by atoms with Crippen LogP contribution in [0.4, 0.5) is 5.69 Å². The van der Waals surface area contributed by atoms with Crippen LogP contribution in [0.3, 0.4) is 0 Å². The Morgan fingerprint density at radius 2 is 2.05 bits per heavy atom. The summed E-state index contributed by atoms with van der Waals surface area (Å²) in [5.74, 6) is 0. The molecule has 0 fully saturated rings. The summed E-state index contributed by atoms with van der Waals surface area (Å²) in [4.78, 5) is 2.17. The predicted octanol–water partition coefficient (Wildman–Crippen LogP) is 3.72. The molecule has 0 aromatic heterocycles. The van der Waals surface area contributed by atoms with Crippen LogP contribution in [0.2, 0.25) is 0 Å². The number of aliphatic hydroxyl groups is 1. The van der Waals surface area contributed by atoms with Crippen molar-refractivity contribution in [2.75, 3.05) is 25.0 Å². The van der Waals surface area contributed by atoms with E-state index < -0.39 is 0 Å². The van der Waals surface area contributed by atoms with Gasteiger partial charge < -0.3 is 15.3 Å². The smallest absolute Gasteiger partial charge is 0.0528 e. The van der Waals surface area contributed by atoms with E-state index in [0.717, 1.165) is 30.4 Å². The number of benzene rings is 1. The van der Waals surface area contributed by atoms with Crippen LogP contribution in [0.1, 0.15) is 45.2 Å². The summed E-state index contributed by atoms with van der Waals surface area (Å²) in [7, 11) is 2.06. The zero-order valence-corrected chi connectivity index (χ0v) is 14.6. The second-order valence-corrected chi connectivity index (χ2v) is 6.30. The highest BCUT2D eigenvalue weighted by molar-refractivity contribution is 9.10. The molecule has 1 aromatic carbocycles. The van der Waals surface area contributed by atoms with Crippen LogP contribution >= 0.6 is 15.9 Å². The first-order chi connectivity index (χ1) is 9.45. The van der Waals surface area contributed by atoms with Crippen molar-refractivity contribution in [3.63, 3.8) is 0 Å². The number of anilines is 1. The second kappa shape index (κ2) is 8.65. The van der Waals surface area contributed by atoms with Crippen LogP contribution < -0.4 is 10.2 Å².